The summed E-state index contributed by atoms with van der Waals surface area (Å²) in [5.74, 6) is 1.61. The van der Waals surface area contributed by atoms with Gasteiger partial charge in [0, 0.05) is 27.6 Å². The summed E-state index contributed by atoms with van der Waals surface area (Å²) in [5, 5.41) is 10.3. The van der Waals surface area contributed by atoms with Crippen molar-refractivity contribution in [2.75, 3.05) is 7.11 Å². The number of benzene rings is 2. The zero-order valence-corrected chi connectivity index (χ0v) is 19.6. The van der Waals surface area contributed by atoms with Crippen molar-refractivity contribution >= 4 is 11.8 Å². The van der Waals surface area contributed by atoms with Crippen molar-refractivity contribution in [1.82, 2.24) is 4.98 Å². The van der Waals surface area contributed by atoms with Crippen LogP contribution in [0, 0.1) is 5.82 Å². The lowest BCUT2D eigenvalue weighted by molar-refractivity contribution is 0.279. The number of halogens is 1. The van der Waals surface area contributed by atoms with Crippen molar-refractivity contribution in [2.24, 2.45) is 0 Å². The lowest BCUT2D eigenvalue weighted by Gasteiger charge is -2.24. The van der Waals surface area contributed by atoms with Crippen molar-refractivity contribution in [3.05, 3.63) is 76.9 Å². The van der Waals surface area contributed by atoms with Gasteiger partial charge in [-0.25, -0.2) is 4.39 Å². The number of thioether (sulfide) groups is 1. The van der Waals surface area contributed by atoms with Gasteiger partial charge < -0.3 is 9.84 Å². The maximum atomic E-state index is 13.7. The van der Waals surface area contributed by atoms with Crippen LogP contribution in [-0.2, 0) is 12.4 Å². The topological polar surface area (TPSA) is 42.4 Å². The van der Waals surface area contributed by atoms with Gasteiger partial charge >= 0.3 is 0 Å². The SMILES string of the molecule is COc1cccc(SCc2c(C(C)C)nc(C(C)C)c(CO)c2-c2ccc(F)cc2)c1. The van der Waals surface area contributed by atoms with E-state index >= 15 is 0 Å². The molecule has 0 aliphatic carbocycles. The number of nitrogens with zero attached hydrogens (tertiary/aromatic N) is 1. The van der Waals surface area contributed by atoms with Crippen LogP contribution in [0.4, 0.5) is 4.39 Å². The Hall–Kier alpha value is -2.37. The fraction of sp³-hybridized carbons (Fsp3) is 0.346. The van der Waals surface area contributed by atoms with E-state index in [-0.39, 0.29) is 24.3 Å². The largest absolute Gasteiger partial charge is 0.497 e. The minimum Gasteiger partial charge on any atom is -0.497 e. The molecule has 0 unspecified atom stereocenters. The Bertz CT molecular complexity index is 1030. The van der Waals surface area contributed by atoms with Crippen LogP contribution in [0.15, 0.2) is 53.4 Å². The molecule has 1 heterocycles. The van der Waals surface area contributed by atoms with Gasteiger partial charge in [-0.1, -0.05) is 45.9 Å². The first-order valence-corrected chi connectivity index (χ1v) is 11.5. The monoisotopic (exact) mass is 439 g/mol. The second-order valence-electron chi connectivity index (χ2n) is 8.16. The molecule has 0 amide bonds. The van der Waals surface area contributed by atoms with Gasteiger partial charge in [0.2, 0.25) is 0 Å². The van der Waals surface area contributed by atoms with Gasteiger partial charge in [-0.15, -0.1) is 11.8 Å². The molecule has 164 valence electrons. The zero-order chi connectivity index (χ0) is 22.5. The molecule has 3 aromatic rings. The number of aliphatic hydroxyl groups is 1. The third-order valence-corrected chi connectivity index (χ3v) is 6.29. The molecule has 1 N–H and O–H groups in total. The van der Waals surface area contributed by atoms with E-state index in [1.165, 1.54) is 12.1 Å². The first kappa shape index (κ1) is 23.3. The number of aliphatic hydroxyl groups excluding tert-OH is 1. The Balaban J connectivity index is 2.19. The highest BCUT2D eigenvalue weighted by atomic mass is 32.2. The first-order chi connectivity index (χ1) is 14.8. The molecular formula is C26H30FNO2S. The smallest absolute Gasteiger partial charge is 0.123 e. The number of aromatic nitrogens is 1. The molecule has 0 aliphatic heterocycles. The van der Waals surface area contributed by atoms with Gasteiger partial charge in [0.25, 0.3) is 0 Å². The lowest BCUT2D eigenvalue weighted by Crippen LogP contribution is -2.12. The fourth-order valence-electron chi connectivity index (χ4n) is 3.78. The quantitative estimate of drug-likeness (QED) is 0.387. The van der Waals surface area contributed by atoms with Crippen molar-refractivity contribution < 1.29 is 14.2 Å². The molecule has 0 aliphatic rings. The van der Waals surface area contributed by atoms with Crippen LogP contribution < -0.4 is 4.74 Å². The zero-order valence-electron chi connectivity index (χ0n) is 18.8. The molecule has 2 aromatic carbocycles. The highest BCUT2D eigenvalue weighted by Gasteiger charge is 2.23. The number of hydrogen-bond acceptors (Lipinski definition) is 4. The highest BCUT2D eigenvalue weighted by molar-refractivity contribution is 7.98. The molecule has 0 radical (unpaired) electrons. The molecule has 0 bridgehead atoms. The number of rotatable bonds is 8. The minimum atomic E-state index is -0.274. The summed E-state index contributed by atoms with van der Waals surface area (Å²) in [6.45, 7) is 8.34. The van der Waals surface area contributed by atoms with Crippen molar-refractivity contribution in [3.8, 4) is 16.9 Å². The van der Waals surface area contributed by atoms with Crippen LogP contribution in [0.3, 0.4) is 0 Å². The van der Waals surface area contributed by atoms with E-state index in [1.54, 1.807) is 31.0 Å². The summed E-state index contributed by atoms with van der Waals surface area (Å²) in [5.41, 5.74) is 5.71. The Morgan fingerprint density at radius 2 is 1.61 bits per heavy atom. The highest BCUT2D eigenvalue weighted by Crippen LogP contribution is 2.39. The second-order valence-corrected chi connectivity index (χ2v) is 9.21. The number of ether oxygens (including phenoxy) is 1. The maximum Gasteiger partial charge on any atom is 0.123 e. The summed E-state index contributed by atoms with van der Waals surface area (Å²) in [6.07, 6.45) is 0. The molecule has 0 atom stereocenters. The van der Waals surface area contributed by atoms with Crippen LogP contribution in [0.2, 0.25) is 0 Å². The minimum absolute atomic E-state index is 0.109. The number of methoxy groups -OCH3 is 1. The van der Waals surface area contributed by atoms with E-state index in [0.29, 0.717) is 5.75 Å². The van der Waals surface area contributed by atoms with Gasteiger partial charge in [0.1, 0.15) is 11.6 Å². The molecule has 0 saturated heterocycles. The molecular weight excluding hydrogens is 409 g/mol. The van der Waals surface area contributed by atoms with Crippen molar-refractivity contribution in [2.45, 2.75) is 56.8 Å². The Kier molecular flexibility index (Phi) is 7.74. The predicted molar refractivity (Wildman–Crippen MR) is 126 cm³/mol. The maximum absolute atomic E-state index is 13.7. The normalized spacial score (nSPS) is 11.4. The summed E-state index contributed by atoms with van der Waals surface area (Å²) in [6, 6.07) is 14.5. The van der Waals surface area contributed by atoms with E-state index in [0.717, 1.165) is 44.3 Å². The van der Waals surface area contributed by atoms with E-state index in [4.69, 9.17) is 9.72 Å². The van der Waals surface area contributed by atoms with Crippen LogP contribution in [-0.4, -0.2) is 17.2 Å². The van der Waals surface area contributed by atoms with Crippen LogP contribution in [0.25, 0.3) is 11.1 Å². The molecule has 3 rings (SSSR count). The third-order valence-electron chi connectivity index (χ3n) is 5.27. The summed E-state index contributed by atoms with van der Waals surface area (Å²) < 4.78 is 19.0. The number of hydrogen-bond donors (Lipinski definition) is 1. The van der Waals surface area contributed by atoms with Gasteiger partial charge in [-0.2, -0.15) is 0 Å². The first-order valence-electron chi connectivity index (χ1n) is 10.5. The molecule has 31 heavy (non-hydrogen) atoms. The van der Waals surface area contributed by atoms with Gasteiger partial charge in [0.15, 0.2) is 0 Å². The van der Waals surface area contributed by atoms with E-state index < -0.39 is 0 Å². The molecule has 1 aromatic heterocycles. The molecule has 5 heteroatoms. The van der Waals surface area contributed by atoms with Gasteiger partial charge in [-0.3, -0.25) is 4.98 Å². The molecule has 0 fully saturated rings. The van der Waals surface area contributed by atoms with Crippen molar-refractivity contribution in [1.29, 1.82) is 0 Å². The van der Waals surface area contributed by atoms with Gasteiger partial charge in [-0.05, 0) is 58.9 Å². The Morgan fingerprint density at radius 3 is 2.19 bits per heavy atom. The van der Waals surface area contributed by atoms with E-state index in [1.807, 2.05) is 18.2 Å². The molecule has 0 spiro atoms. The summed E-state index contributed by atoms with van der Waals surface area (Å²) in [7, 11) is 1.66. The van der Waals surface area contributed by atoms with Crippen LogP contribution >= 0.6 is 11.8 Å². The molecule has 0 saturated carbocycles. The lowest BCUT2D eigenvalue weighted by atomic mass is 9.88. The molecule has 3 nitrogen and oxygen atoms in total. The van der Waals surface area contributed by atoms with Crippen molar-refractivity contribution in [3.63, 3.8) is 0 Å². The van der Waals surface area contributed by atoms with Crippen LogP contribution in [0.5, 0.6) is 5.75 Å². The second kappa shape index (κ2) is 10.3. The Labute approximate surface area is 188 Å². The Morgan fingerprint density at radius 1 is 0.968 bits per heavy atom. The fourth-order valence-corrected chi connectivity index (χ4v) is 4.75. The standard InChI is InChI=1S/C26H30FNO2S/c1-16(2)25-22(14-29)24(18-9-11-19(27)12-10-18)23(26(28-25)17(3)4)15-31-21-8-6-7-20(13-21)30-5/h6-13,16-17,29H,14-15H2,1-5H3. The summed E-state index contributed by atoms with van der Waals surface area (Å²) >= 11 is 1.70. The van der Waals surface area contributed by atoms with E-state index in [9.17, 15) is 9.50 Å². The van der Waals surface area contributed by atoms with E-state index in [2.05, 4.69) is 33.8 Å². The van der Waals surface area contributed by atoms with Crippen LogP contribution in [0.1, 0.15) is 62.0 Å². The number of pyridine rings is 1. The predicted octanol–water partition coefficient (Wildman–Crippen LogP) is 6.93. The third kappa shape index (κ3) is 5.28. The average Bonchev–Trinajstić information content (AvgIpc) is 2.77. The van der Waals surface area contributed by atoms with Gasteiger partial charge in [0.05, 0.1) is 13.7 Å². The summed E-state index contributed by atoms with van der Waals surface area (Å²) in [4.78, 5) is 6.12. The average molecular weight is 440 g/mol.